The minimum Gasteiger partial charge on any atom is -0.481 e. The predicted octanol–water partition coefficient (Wildman–Crippen LogP) is -9.74. The maximum absolute atomic E-state index is 15.3. The van der Waals surface area contributed by atoms with E-state index in [1.807, 2.05) is 0 Å². The van der Waals surface area contributed by atoms with Crippen molar-refractivity contribution in [3.05, 3.63) is 0 Å². The number of guanidine groups is 8. The van der Waals surface area contributed by atoms with Gasteiger partial charge in [-0.05, 0) is 192 Å². The lowest BCUT2D eigenvalue weighted by Gasteiger charge is -2.33. The van der Waals surface area contributed by atoms with Crippen molar-refractivity contribution < 1.29 is 91.7 Å². The highest BCUT2D eigenvalue weighted by molar-refractivity contribution is 6.02. The standard InChI is InChI=1S/C90H162N40O19/c1-5-49(4)66(125-70(136)52(21-8-36-110-85(96)97)116-67(133)50(91)19-6-34-108-83(92)93)76(142)122-57(25-12-40-114-89(104)105)80(146)128-44-16-29-62(128)73(139)119-54(22-9-37-111-86(98)99)77(143)126-42-14-27-60(126)71(137)118-53(32-33-65(131)132)69(135)117-51(20-7-35-109-84(94)95)68(134)124-59(47-48(2)3)81(147)130-46-18-30-63(130)74(140)121-55(23-10-38-112-87(100)101)78(144)127-43-15-28-61(127)72(138)120-56(24-11-39-113-88(102)103)79(145)129-45-17-31-64(129)75(141)123-58(82(148)149)26-13-41-115-90(106)107/h48-64,66H,5-47,91H2,1-4H3,(H,116,133)(H,117,135)(H,118,137)(H,119,139)(H,120,138)(H,121,140)(H,122,142)(H,123,141)(H,124,134)(H,125,136)(H,131,132)(H,148,149)(H4,92,93,108)(H4,94,95,109)(H4,96,97,110)(H4,98,99,111)(H4,100,101,112)(H4,102,103,113)(H4,104,105,114)(H4,106,107,115)/t49-,50-,51-,52-,53-,54-,55-,56-,57-,58-,59-,60-,61-,62-,63-,64-,66-/m0/s1. The van der Waals surface area contributed by atoms with Crippen LogP contribution in [-0.4, -0.2) is 365 Å². The molecule has 149 heavy (non-hydrogen) atoms. The molecule has 0 saturated carbocycles. The van der Waals surface area contributed by atoms with Gasteiger partial charge in [-0.15, -0.1) is 0 Å². The number of rotatable bonds is 65. The molecule has 0 aromatic rings. The van der Waals surface area contributed by atoms with E-state index in [2.05, 4.69) is 95.7 Å². The normalized spacial score (nSPS) is 18.6. The summed E-state index contributed by atoms with van der Waals surface area (Å²) < 4.78 is 0. The Morgan fingerprint density at radius 1 is 0.289 bits per heavy atom. The van der Waals surface area contributed by atoms with E-state index in [1.54, 1.807) is 27.7 Å². The summed E-state index contributed by atoms with van der Waals surface area (Å²) in [6, 6.07) is -21.9. The van der Waals surface area contributed by atoms with Gasteiger partial charge < -0.3 is 182 Å². The second-order valence-corrected chi connectivity index (χ2v) is 38.2. The van der Waals surface area contributed by atoms with E-state index in [9.17, 15) is 58.2 Å². The number of aliphatic carboxylic acids is 2. The van der Waals surface area contributed by atoms with Crippen molar-refractivity contribution in [1.29, 1.82) is 43.3 Å². The van der Waals surface area contributed by atoms with Gasteiger partial charge in [0.25, 0.3) is 0 Å². The summed E-state index contributed by atoms with van der Waals surface area (Å²) in [7, 11) is 0. The van der Waals surface area contributed by atoms with Crippen molar-refractivity contribution in [3.8, 4) is 0 Å². The molecule has 0 aliphatic carbocycles. The first kappa shape index (κ1) is 125. The molecular weight excluding hydrogens is 1950 g/mol. The van der Waals surface area contributed by atoms with Gasteiger partial charge in [0.1, 0.15) is 90.6 Å². The van der Waals surface area contributed by atoms with Crippen LogP contribution in [0.15, 0.2) is 0 Å². The van der Waals surface area contributed by atoms with Crippen LogP contribution in [0.1, 0.15) is 220 Å². The van der Waals surface area contributed by atoms with Crippen LogP contribution in [0.2, 0.25) is 0 Å². The van der Waals surface area contributed by atoms with Crippen molar-refractivity contribution in [2.24, 2.45) is 63.4 Å². The highest BCUT2D eigenvalue weighted by Crippen LogP contribution is 2.29. The molecule has 5 saturated heterocycles. The Labute approximate surface area is 865 Å². The van der Waals surface area contributed by atoms with Crippen LogP contribution in [0.4, 0.5) is 0 Å². The lowest BCUT2D eigenvalue weighted by Crippen LogP contribution is -2.61. The number of carbonyl (C=O) groups is 17. The van der Waals surface area contributed by atoms with Crippen molar-refractivity contribution in [2.45, 2.75) is 317 Å². The molecule has 59 nitrogen and oxygen atoms in total. The first-order valence-electron chi connectivity index (χ1n) is 51.0. The summed E-state index contributed by atoms with van der Waals surface area (Å²) in [5.74, 6) is -19.0. The molecule has 0 aromatic carbocycles. The molecule has 17 atom stereocenters. The molecule has 0 spiro atoms. The van der Waals surface area contributed by atoms with Gasteiger partial charge in [-0.3, -0.25) is 120 Å². The molecule has 0 bridgehead atoms. The van der Waals surface area contributed by atoms with Gasteiger partial charge in [0.2, 0.25) is 88.6 Å². The maximum atomic E-state index is 15.3. The Morgan fingerprint density at radius 3 is 0.779 bits per heavy atom. The first-order valence-corrected chi connectivity index (χ1v) is 51.0. The molecule has 15 amide bonds. The van der Waals surface area contributed by atoms with Crippen molar-refractivity contribution in [1.82, 2.24) is 120 Å². The quantitative estimate of drug-likeness (QED) is 0.0153. The van der Waals surface area contributed by atoms with Crippen molar-refractivity contribution in [2.75, 3.05) is 85.1 Å². The molecule has 836 valence electrons. The summed E-state index contributed by atoms with van der Waals surface area (Å²) in [4.78, 5) is 253. The highest BCUT2D eigenvalue weighted by atomic mass is 16.4. The largest absolute Gasteiger partial charge is 0.481 e. The zero-order chi connectivity index (χ0) is 111. The number of hydrogen-bond acceptors (Lipinski definition) is 26. The highest BCUT2D eigenvalue weighted by Gasteiger charge is 2.48. The smallest absolute Gasteiger partial charge is 0.326 e. The van der Waals surface area contributed by atoms with Crippen molar-refractivity contribution in [3.63, 3.8) is 0 Å². The predicted molar refractivity (Wildman–Crippen MR) is 548 cm³/mol. The number of amides is 15. The fraction of sp³-hybridized carbons (Fsp3) is 0.722. The molecule has 5 fully saturated rings. The molecule has 0 aromatic heterocycles. The number of carboxylic acid groups (broad SMARTS) is 2. The van der Waals surface area contributed by atoms with Crippen LogP contribution in [0.5, 0.6) is 0 Å². The van der Waals surface area contributed by atoms with Crippen LogP contribution < -0.4 is 147 Å². The number of carbonyl (C=O) groups excluding carboxylic acids is 15. The third-order valence-corrected chi connectivity index (χ3v) is 26.2. The fourth-order valence-corrected chi connectivity index (χ4v) is 18.3. The monoisotopic (exact) mass is 2110 g/mol. The number of nitrogens with two attached hydrogens (primary N) is 9. The Bertz CT molecular complexity index is 4650. The summed E-state index contributed by atoms with van der Waals surface area (Å²) >= 11 is 0. The summed E-state index contributed by atoms with van der Waals surface area (Å²) in [6.07, 6.45) is 0.911. The lowest BCUT2D eigenvalue weighted by atomic mass is 9.96. The zero-order valence-corrected chi connectivity index (χ0v) is 85.6. The second-order valence-electron chi connectivity index (χ2n) is 38.2. The van der Waals surface area contributed by atoms with Crippen molar-refractivity contribution >= 4 is 148 Å². The summed E-state index contributed by atoms with van der Waals surface area (Å²) in [5.41, 5.74) is 50.5. The molecule has 59 heteroatoms. The number of nitrogens with zero attached hydrogens (tertiary/aromatic N) is 5. The number of likely N-dealkylation sites (tertiary alicyclic amines) is 5. The molecular formula is C90H162N40O19. The van der Waals surface area contributed by atoms with Gasteiger partial charge in [-0.25, -0.2) is 4.79 Å². The third kappa shape index (κ3) is 43.2. The van der Waals surface area contributed by atoms with Gasteiger partial charge in [0, 0.05) is 91.5 Å². The van der Waals surface area contributed by atoms with Crippen LogP contribution in [0.25, 0.3) is 0 Å². The lowest BCUT2D eigenvalue weighted by molar-refractivity contribution is -0.146. The van der Waals surface area contributed by atoms with Gasteiger partial charge in [0.05, 0.1) is 6.04 Å². The average molecular weight is 2110 g/mol. The average Bonchev–Trinajstić information content (AvgIpc) is 1.69. The minimum absolute atomic E-state index is 0.000269. The minimum atomic E-state index is -1.76. The van der Waals surface area contributed by atoms with Gasteiger partial charge >= 0.3 is 11.9 Å². The number of hydrogen-bond donors (Lipinski definition) is 37. The Balaban J connectivity index is 1.39. The van der Waals surface area contributed by atoms with Gasteiger partial charge in [0.15, 0.2) is 47.7 Å². The summed E-state index contributed by atoms with van der Waals surface area (Å²) in [6.45, 7) is 7.39. The molecule has 5 heterocycles. The molecule has 0 radical (unpaired) electrons. The topological polar surface area (TPSA) is 988 Å². The van der Waals surface area contributed by atoms with Gasteiger partial charge in [-0.1, -0.05) is 34.1 Å². The number of nitrogens with one attached hydrogen (secondary N) is 26. The van der Waals surface area contributed by atoms with E-state index in [0.29, 0.717) is 19.3 Å². The molecule has 5 aliphatic heterocycles. The van der Waals surface area contributed by atoms with E-state index in [-0.39, 0.29) is 275 Å². The van der Waals surface area contributed by atoms with E-state index in [1.165, 1.54) is 24.5 Å². The molecule has 0 unspecified atom stereocenters. The van der Waals surface area contributed by atoms with E-state index in [0.717, 1.165) is 0 Å². The van der Waals surface area contributed by atoms with Gasteiger partial charge in [-0.2, -0.15) is 0 Å². The summed E-state index contributed by atoms with van der Waals surface area (Å²) in [5, 5.41) is 130. The SMILES string of the molecule is CC[C@H](C)[C@H](NC(=O)[C@H](CCCNC(=N)N)NC(=O)[C@@H](N)CCCNC(=N)N)C(=O)N[C@@H](CCCNC(=N)N)C(=O)N1CCC[C@H]1C(=O)N[C@@H](CCCNC(=N)N)C(=O)N1CCC[C@H]1C(=O)N[C@@H](CCC(=O)O)C(=O)N[C@@H](CCCNC(=N)N)C(=O)N[C@@H](CC(C)C)C(=O)N1CCC[C@H]1C(=O)N[C@@H](CCCNC(=N)N)C(=O)N1CCC[C@H]1C(=O)N[C@@H](CCCNC(=N)N)C(=O)N1CCC[C@H]1C(=O)N[C@@H](CCCNC(=N)N)C(=O)O. The fourth-order valence-electron chi connectivity index (χ4n) is 18.3. The Hall–Kier alpha value is -14.9. The van der Waals surface area contributed by atoms with E-state index in [4.69, 9.17) is 94.9 Å². The Kier molecular flexibility index (Phi) is 53.7. The number of carboxylic acids is 2. The Morgan fingerprint density at radius 2 is 0.510 bits per heavy atom. The van der Waals surface area contributed by atoms with Crippen LogP contribution in [-0.2, 0) is 81.5 Å². The van der Waals surface area contributed by atoms with Crippen LogP contribution >= 0.6 is 0 Å². The first-order chi connectivity index (χ1) is 70.5. The van der Waals surface area contributed by atoms with Crippen LogP contribution in [0.3, 0.4) is 0 Å². The molecule has 5 rings (SSSR count). The third-order valence-electron chi connectivity index (χ3n) is 26.2. The van der Waals surface area contributed by atoms with Crippen LogP contribution in [0, 0.1) is 55.1 Å². The maximum Gasteiger partial charge on any atom is 0.326 e. The van der Waals surface area contributed by atoms with E-state index >= 15 is 33.6 Å². The second kappa shape index (κ2) is 64.3. The molecule has 46 N–H and O–H groups in total. The van der Waals surface area contributed by atoms with E-state index < -0.39 is 240 Å². The zero-order valence-electron chi connectivity index (χ0n) is 85.6. The molecule has 5 aliphatic rings.